The molecule has 0 unspecified atom stereocenters. The van der Waals surface area contributed by atoms with Crippen LogP contribution in [-0.2, 0) is 12.8 Å². The van der Waals surface area contributed by atoms with Crippen molar-refractivity contribution in [3.63, 3.8) is 0 Å². The molecule has 7 nitrogen and oxygen atoms in total. The molecule has 0 saturated heterocycles. The third-order valence-corrected chi connectivity index (χ3v) is 4.86. The molecule has 144 valence electrons. The first-order chi connectivity index (χ1) is 13.6. The second-order valence-corrected chi connectivity index (χ2v) is 6.86. The van der Waals surface area contributed by atoms with Gasteiger partial charge in [-0.05, 0) is 62.8 Å². The molecule has 0 radical (unpaired) electrons. The lowest BCUT2D eigenvalue weighted by atomic mass is 9.94. The topological polar surface area (TPSA) is 108 Å². The molecule has 1 aliphatic rings. The number of amides is 2. The number of nitrogens with zero attached hydrogens (tertiary/aromatic N) is 3. The first-order valence-corrected chi connectivity index (χ1v) is 9.50. The van der Waals surface area contributed by atoms with Crippen molar-refractivity contribution in [3.05, 3.63) is 58.2 Å². The Labute approximate surface area is 164 Å². The molecule has 2 N–H and O–H groups in total. The van der Waals surface area contributed by atoms with Gasteiger partial charge >= 0.3 is 0 Å². The number of aromatic nitrogens is 2. The Hall–Kier alpha value is -3.27. The third-order valence-electron chi connectivity index (χ3n) is 4.86. The van der Waals surface area contributed by atoms with Gasteiger partial charge in [-0.2, -0.15) is 5.26 Å². The van der Waals surface area contributed by atoms with Crippen LogP contribution in [0.5, 0.6) is 0 Å². The quantitative estimate of drug-likeness (QED) is 0.750. The normalized spacial score (nSPS) is 12.6. The highest BCUT2D eigenvalue weighted by Crippen LogP contribution is 2.21. The van der Waals surface area contributed by atoms with Gasteiger partial charge in [0, 0.05) is 29.9 Å². The number of hydrogen-bond donors (Lipinski definition) is 2. The molecule has 1 aromatic carbocycles. The molecule has 0 spiro atoms. The Kier molecular flexibility index (Phi) is 6.33. The molecule has 0 fully saturated rings. The van der Waals surface area contributed by atoms with E-state index in [0.29, 0.717) is 36.3 Å². The predicted molar refractivity (Wildman–Crippen MR) is 104 cm³/mol. The van der Waals surface area contributed by atoms with E-state index in [0.717, 1.165) is 42.5 Å². The molecule has 2 aromatic rings. The molecule has 0 bridgehead atoms. The predicted octanol–water partition coefficient (Wildman–Crippen LogP) is 2.09. The zero-order valence-corrected chi connectivity index (χ0v) is 15.9. The summed E-state index contributed by atoms with van der Waals surface area (Å²) in [5.74, 6) is -0.368. The Balaban J connectivity index is 1.46. The summed E-state index contributed by atoms with van der Waals surface area (Å²) in [4.78, 5) is 33.1. The highest BCUT2D eigenvalue weighted by molar-refractivity contribution is 5.96. The van der Waals surface area contributed by atoms with Crippen molar-refractivity contribution >= 4 is 11.8 Å². The van der Waals surface area contributed by atoms with E-state index < -0.39 is 0 Å². The molecule has 28 heavy (non-hydrogen) atoms. The largest absolute Gasteiger partial charge is 0.352 e. The van der Waals surface area contributed by atoms with E-state index in [9.17, 15) is 9.59 Å². The molecule has 2 amide bonds. The van der Waals surface area contributed by atoms with Crippen molar-refractivity contribution in [2.24, 2.45) is 0 Å². The second-order valence-electron chi connectivity index (χ2n) is 6.86. The smallest absolute Gasteiger partial charge is 0.270 e. The van der Waals surface area contributed by atoms with Crippen LogP contribution >= 0.6 is 0 Å². The van der Waals surface area contributed by atoms with E-state index in [2.05, 4.69) is 26.7 Å². The summed E-state index contributed by atoms with van der Waals surface area (Å²) < 4.78 is 0. The van der Waals surface area contributed by atoms with Crippen LogP contribution in [0.15, 0.2) is 24.5 Å². The number of aryl methyl sites for hydroxylation is 2. The highest BCUT2D eigenvalue weighted by atomic mass is 16.2. The van der Waals surface area contributed by atoms with Gasteiger partial charge < -0.3 is 10.6 Å². The first kappa shape index (κ1) is 19.5. The van der Waals surface area contributed by atoms with Gasteiger partial charge in [-0.3, -0.25) is 9.59 Å². The Morgan fingerprint density at radius 3 is 2.61 bits per heavy atom. The lowest BCUT2D eigenvalue weighted by Gasteiger charge is -2.16. The fourth-order valence-electron chi connectivity index (χ4n) is 3.38. The number of carbonyl (C=O) groups excluding carboxylic acids is 2. The maximum absolute atomic E-state index is 12.4. The first-order valence-electron chi connectivity index (χ1n) is 9.50. The fraction of sp³-hybridized carbons (Fsp3) is 0.381. The Morgan fingerprint density at radius 1 is 1.11 bits per heavy atom. The summed E-state index contributed by atoms with van der Waals surface area (Å²) in [5.41, 5.74) is 4.27. The highest BCUT2D eigenvalue weighted by Gasteiger charge is 2.19. The van der Waals surface area contributed by atoms with Crippen LogP contribution < -0.4 is 10.6 Å². The van der Waals surface area contributed by atoms with Crippen LogP contribution in [0, 0.1) is 18.3 Å². The van der Waals surface area contributed by atoms with Gasteiger partial charge in [0.1, 0.15) is 12.0 Å². The Bertz CT molecular complexity index is 933. The average Bonchev–Trinajstić information content (AvgIpc) is 2.72. The maximum Gasteiger partial charge on any atom is 0.270 e. The third kappa shape index (κ3) is 4.52. The summed E-state index contributed by atoms with van der Waals surface area (Å²) in [6, 6.07) is 7.03. The number of fused-ring (bicyclic) bond motifs is 1. The molecule has 0 saturated carbocycles. The van der Waals surface area contributed by atoms with Crippen LogP contribution in [0.1, 0.15) is 62.5 Å². The molecule has 7 heteroatoms. The van der Waals surface area contributed by atoms with Crippen LogP contribution in [-0.4, -0.2) is 34.9 Å². The van der Waals surface area contributed by atoms with Crippen LogP contribution in [0.2, 0.25) is 0 Å². The maximum atomic E-state index is 12.4. The van der Waals surface area contributed by atoms with E-state index in [4.69, 9.17) is 5.26 Å². The molecule has 1 aliphatic carbocycles. The number of nitriles is 1. The summed E-state index contributed by atoms with van der Waals surface area (Å²) in [5, 5.41) is 14.6. The zero-order valence-electron chi connectivity index (χ0n) is 15.9. The van der Waals surface area contributed by atoms with E-state index in [-0.39, 0.29) is 11.8 Å². The number of hydrogen-bond acceptors (Lipinski definition) is 5. The molecular weight excluding hydrogens is 354 g/mol. The van der Waals surface area contributed by atoms with Gasteiger partial charge in [0.15, 0.2) is 0 Å². The molecule has 1 aromatic heterocycles. The van der Waals surface area contributed by atoms with E-state index in [1.165, 1.54) is 6.33 Å². The van der Waals surface area contributed by atoms with Crippen molar-refractivity contribution in [2.75, 3.05) is 13.1 Å². The standard InChI is InChI=1S/C21H23N5O2/c1-14-11-15(12-22)7-8-16(14)20(27)23-9-4-10-24-21(28)19-17-5-2-3-6-18(17)25-13-26-19/h7-8,11,13H,2-6,9-10H2,1H3,(H,23,27)(H,24,28). The van der Waals surface area contributed by atoms with Crippen LogP contribution in [0.3, 0.4) is 0 Å². The SMILES string of the molecule is Cc1cc(C#N)ccc1C(=O)NCCCNC(=O)c1ncnc2c1CCCC2. The molecule has 1 heterocycles. The molecular formula is C21H23N5O2. The van der Waals surface area contributed by atoms with E-state index in [1.807, 2.05) is 0 Å². The van der Waals surface area contributed by atoms with Gasteiger partial charge in [-0.25, -0.2) is 9.97 Å². The number of nitrogens with one attached hydrogen (secondary N) is 2. The Morgan fingerprint density at radius 2 is 1.86 bits per heavy atom. The van der Waals surface area contributed by atoms with Gasteiger partial charge in [-0.1, -0.05) is 0 Å². The van der Waals surface area contributed by atoms with Crippen molar-refractivity contribution in [2.45, 2.75) is 39.0 Å². The fourth-order valence-corrected chi connectivity index (χ4v) is 3.38. The van der Waals surface area contributed by atoms with Gasteiger partial charge in [0.2, 0.25) is 0 Å². The average molecular weight is 377 g/mol. The van der Waals surface area contributed by atoms with Crippen molar-refractivity contribution in [1.29, 1.82) is 5.26 Å². The summed E-state index contributed by atoms with van der Waals surface area (Å²) in [7, 11) is 0. The lowest BCUT2D eigenvalue weighted by Crippen LogP contribution is -2.31. The van der Waals surface area contributed by atoms with Gasteiger partial charge in [-0.15, -0.1) is 0 Å². The van der Waals surface area contributed by atoms with Gasteiger partial charge in [0.25, 0.3) is 11.8 Å². The molecule has 0 atom stereocenters. The zero-order chi connectivity index (χ0) is 19.9. The minimum absolute atomic E-state index is 0.182. The number of rotatable bonds is 6. The van der Waals surface area contributed by atoms with Crippen molar-refractivity contribution in [3.8, 4) is 6.07 Å². The van der Waals surface area contributed by atoms with E-state index in [1.54, 1.807) is 25.1 Å². The monoisotopic (exact) mass is 377 g/mol. The minimum atomic E-state index is -0.185. The number of benzene rings is 1. The molecule has 3 rings (SSSR count). The minimum Gasteiger partial charge on any atom is -0.352 e. The number of carbonyl (C=O) groups is 2. The van der Waals surface area contributed by atoms with Crippen LogP contribution in [0.4, 0.5) is 0 Å². The summed E-state index contributed by atoms with van der Waals surface area (Å²) >= 11 is 0. The van der Waals surface area contributed by atoms with Crippen LogP contribution in [0.25, 0.3) is 0 Å². The molecule has 0 aliphatic heterocycles. The van der Waals surface area contributed by atoms with Gasteiger partial charge in [0.05, 0.1) is 11.6 Å². The summed E-state index contributed by atoms with van der Waals surface area (Å²) in [6.45, 7) is 2.70. The lowest BCUT2D eigenvalue weighted by molar-refractivity contribution is 0.0946. The second kappa shape index (κ2) is 9.09. The van der Waals surface area contributed by atoms with Crippen molar-refractivity contribution in [1.82, 2.24) is 20.6 Å². The van der Waals surface area contributed by atoms with Crippen molar-refractivity contribution < 1.29 is 9.59 Å². The van der Waals surface area contributed by atoms with E-state index >= 15 is 0 Å². The summed E-state index contributed by atoms with van der Waals surface area (Å²) in [6.07, 6.45) is 5.97.